The van der Waals surface area contributed by atoms with Crippen LogP contribution >= 0.6 is 11.3 Å². The van der Waals surface area contributed by atoms with Gasteiger partial charge in [-0.3, -0.25) is 4.79 Å². The standard InChI is InChI=1S/C14H15NO4S2/c1-11(14(16)17)15(10-12-6-3-2-4-7-12)21(18,19)13-8-5-9-20-13/h2-9,11H,10H2,1H3,(H,16,17). The summed E-state index contributed by atoms with van der Waals surface area (Å²) in [5.41, 5.74) is 0.741. The lowest BCUT2D eigenvalue weighted by Gasteiger charge is -2.25. The van der Waals surface area contributed by atoms with Crippen LogP contribution in [0, 0.1) is 0 Å². The van der Waals surface area contributed by atoms with Gasteiger partial charge in [0.05, 0.1) is 0 Å². The minimum absolute atomic E-state index is 0.0224. The molecule has 112 valence electrons. The van der Waals surface area contributed by atoms with Crippen LogP contribution in [0.4, 0.5) is 0 Å². The molecule has 0 aliphatic carbocycles. The number of hydrogen-bond donors (Lipinski definition) is 1. The van der Waals surface area contributed by atoms with Gasteiger partial charge in [-0.05, 0) is 23.9 Å². The number of hydrogen-bond acceptors (Lipinski definition) is 4. The topological polar surface area (TPSA) is 74.7 Å². The minimum Gasteiger partial charge on any atom is -0.480 e. The van der Waals surface area contributed by atoms with Crippen LogP contribution in [-0.4, -0.2) is 29.8 Å². The molecule has 0 spiro atoms. The van der Waals surface area contributed by atoms with Crippen molar-refractivity contribution in [1.82, 2.24) is 4.31 Å². The molecule has 0 radical (unpaired) electrons. The van der Waals surface area contributed by atoms with E-state index in [9.17, 15) is 18.3 Å². The number of carboxylic acid groups (broad SMARTS) is 1. The van der Waals surface area contributed by atoms with Crippen molar-refractivity contribution in [1.29, 1.82) is 0 Å². The number of nitrogens with zero attached hydrogens (tertiary/aromatic N) is 1. The van der Waals surface area contributed by atoms with E-state index < -0.39 is 22.0 Å². The summed E-state index contributed by atoms with van der Waals surface area (Å²) in [6, 6.07) is 10.9. The van der Waals surface area contributed by atoms with Gasteiger partial charge in [0.2, 0.25) is 0 Å². The van der Waals surface area contributed by atoms with Crippen molar-refractivity contribution in [2.24, 2.45) is 0 Å². The van der Waals surface area contributed by atoms with Gasteiger partial charge >= 0.3 is 5.97 Å². The lowest BCUT2D eigenvalue weighted by atomic mass is 10.2. The molecule has 1 aromatic carbocycles. The first-order valence-electron chi connectivity index (χ1n) is 6.25. The largest absolute Gasteiger partial charge is 0.480 e. The Morgan fingerprint density at radius 3 is 2.43 bits per heavy atom. The van der Waals surface area contributed by atoms with Gasteiger partial charge in [0.1, 0.15) is 10.3 Å². The molecule has 0 amide bonds. The van der Waals surface area contributed by atoms with Gasteiger partial charge in [-0.1, -0.05) is 36.4 Å². The van der Waals surface area contributed by atoms with Crippen LogP contribution in [-0.2, 0) is 21.4 Å². The summed E-state index contributed by atoms with van der Waals surface area (Å²) in [7, 11) is -3.83. The van der Waals surface area contributed by atoms with Crippen molar-refractivity contribution in [3.63, 3.8) is 0 Å². The molecule has 0 bridgehead atoms. The lowest BCUT2D eigenvalue weighted by Crippen LogP contribution is -2.42. The third kappa shape index (κ3) is 3.49. The molecule has 0 saturated heterocycles. The summed E-state index contributed by atoms with van der Waals surface area (Å²) in [5, 5.41) is 10.8. The van der Waals surface area contributed by atoms with Gasteiger partial charge in [-0.15, -0.1) is 11.3 Å². The highest BCUT2D eigenvalue weighted by Crippen LogP contribution is 2.24. The molecule has 1 heterocycles. The molecule has 2 aromatic rings. The highest BCUT2D eigenvalue weighted by atomic mass is 32.2. The minimum atomic E-state index is -3.83. The maximum Gasteiger partial charge on any atom is 0.321 e. The Morgan fingerprint density at radius 1 is 1.24 bits per heavy atom. The average Bonchev–Trinajstić information content (AvgIpc) is 3.00. The van der Waals surface area contributed by atoms with Gasteiger partial charge < -0.3 is 5.11 Å². The number of carbonyl (C=O) groups is 1. The third-order valence-corrected chi connectivity index (χ3v) is 6.32. The first-order valence-corrected chi connectivity index (χ1v) is 8.57. The molecular weight excluding hydrogens is 310 g/mol. The fraction of sp³-hybridized carbons (Fsp3) is 0.214. The molecule has 0 aliphatic rings. The van der Waals surface area contributed by atoms with Crippen molar-refractivity contribution >= 4 is 27.3 Å². The molecule has 1 N–H and O–H groups in total. The molecule has 2 rings (SSSR count). The summed E-state index contributed by atoms with van der Waals surface area (Å²) in [5.74, 6) is -1.17. The number of benzene rings is 1. The first-order chi connectivity index (χ1) is 9.93. The zero-order chi connectivity index (χ0) is 15.5. The van der Waals surface area contributed by atoms with Crippen LogP contribution in [0.5, 0.6) is 0 Å². The zero-order valence-corrected chi connectivity index (χ0v) is 13.0. The van der Waals surface area contributed by atoms with E-state index in [1.54, 1.807) is 35.7 Å². The molecule has 1 unspecified atom stereocenters. The predicted molar refractivity (Wildman–Crippen MR) is 80.6 cm³/mol. The van der Waals surface area contributed by atoms with E-state index in [0.717, 1.165) is 21.2 Å². The molecule has 7 heteroatoms. The molecular formula is C14H15NO4S2. The Bertz CT molecular complexity index is 696. The molecule has 1 atom stereocenters. The zero-order valence-electron chi connectivity index (χ0n) is 11.3. The van der Waals surface area contributed by atoms with E-state index in [-0.39, 0.29) is 10.8 Å². The number of rotatable bonds is 6. The summed E-state index contributed by atoms with van der Waals surface area (Å²) >= 11 is 1.08. The van der Waals surface area contributed by atoms with Gasteiger partial charge in [0.25, 0.3) is 10.0 Å². The van der Waals surface area contributed by atoms with Crippen molar-refractivity contribution in [2.75, 3.05) is 0 Å². The quantitative estimate of drug-likeness (QED) is 0.885. The van der Waals surface area contributed by atoms with E-state index in [1.807, 2.05) is 6.07 Å². The Labute approximate surface area is 127 Å². The Hall–Kier alpha value is -1.70. The summed E-state index contributed by atoms with van der Waals surface area (Å²) in [4.78, 5) is 11.2. The predicted octanol–water partition coefficient (Wildman–Crippen LogP) is 2.41. The van der Waals surface area contributed by atoms with Crippen molar-refractivity contribution in [3.8, 4) is 0 Å². The van der Waals surface area contributed by atoms with Crippen LogP contribution in [0.2, 0.25) is 0 Å². The third-order valence-electron chi connectivity index (χ3n) is 3.03. The van der Waals surface area contributed by atoms with Crippen LogP contribution in [0.3, 0.4) is 0 Å². The molecule has 0 fully saturated rings. The van der Waals surface area contributed by atoms with Crippen LogP contribution in [0.25, 0.3) is 0 Å². The second-order valence-corrected chi connectivity index (χ2v) is 7.55. The molecule has 0 aliphatic heterocycles. The van der Waals surface area contributed by atoms with E-state index in [1.165, 1.54) is 13.0 Å². The maximum atomic E-state index is 12.6. The average molecular weight is 325 g/mol. The van der Waals surface area contributed by atoms with Crippen molar-refractivity contribution < 1.29 is 18.3 Å². The highest BCUT2D eigenvalue weighted by Gasteiger charge is 2.33. The van der Waals surface area contributed by atoms with Crippen LogP contribution in [0.1, 0.15) is 12.5 Å². The Balaban J connectivity index is 2.40. The monoisotopic (exact) mass is 325 g/mol. The summed E-state index contributed by atoms with van der Waals surface area (Å²) < 4.78 is 26.4. The van der Waals surface area contributed by atoms with Crippen LogP contribution < -0.4 is 0 Å². The Morgan fingerprint density at radius 2 is 1.90 bits per heavy atom. The lowest BCUT2D eigenvalue weighted by molar-refractivity contribution is -0.141. The highest BCUT2D eigenvalue weighted by molar-refractivity contribution is 7.91. The van der Waals surface area contributed by atoms with E-state index in [2.05, 4.69) is 0 Å². The fourth-order valence-electron chi connectivity index (χ4n) is 1.84. The van der Waals surface area contributed by atoms with Crippen molar-refractivity contribution in [2.45, 2.75) is 23.7 Å². The van der Waals surface area contributed by atoms with E-state index in [4.69, 9.17) is 0 Å². The molecule has 5 nitrogen and oxygen atoms in total. The fourth-order valence-corrected chi connectivity index (χ4v) is 4.54. The number of carboxylic acids is 1. The number of sulfonamides is 1. The normalized spacial score (nSPS) is 13.2. The number of aliphatic carboxylic acids is 1. The Kier molecular flexibility index (Phi) is 4.76. The summed E-state index contributed by atoms with van der Waals surface area (Å²) in [6.07, 6.45) is 0. The van der Waals surface area contributed by atoms with Crippen molar-refractivity contribution in [3.05, 3.63) is 53.4 Å². The second-order valence-electron chi connectivity index (χ2n) is 4.48. The molecule has 21 heavy (non-hydrogen) atoms. The maximum absolute atomic E-state index is 12.6. The van der Waals surface area contributed by atoms with E-state index >= 15 is 0 Å². The van der Waals surface area contributed by atoms with Gasteiger partial charge in [0, 0.05) is 6.54 Å². The smallest absolute Gasteiger partial charge is 0.321 e. The van der Waals surface area contributed by atoms with Gasteiger partial charge in [0.15, 0.2) is 0 Å². The first kappa shape index (κ1) is 15.7. The van der Waals surface area contributed by atoms with E-state index in [0.29, 0.717) is 0 Å². The molecule has 0 saturated carbocycles. The summed E-state index contributed by atoms with van der Waals surface area (Å²) in [6.45, 7) is 1.39. The number of thiophene rings is 1. The van der Waals surface area contributed by atoms with Gasteiger partial charge in [-0.25, -0.2) is 8.42 Å². The van der Waals surface area contributed by atoms with Crippen LogP contribution in [0.15, 0.2) is 52.1 Å². The molecule has 1 aromatic heterocycles. The van der Waals surface area contributed by atoms with Gasteiger partial charge in [-0.2, -0.15) is 4.31 Å². The second kappa shape index (κ2) is 6.38. The SMILES string of the molecule is CC(C(=O)O)N(Cc1ccccc1)S(=O)(=O)c1cccs1.